The van der Waals surface area contributed by atoms with Crippen molar-refractivity contribution < 1.29 is 0 Å². The van der Waals surface area contributed by atoms with Crippen LogP contribution in [0.4, 0.5) is 0 Å². The average molecular weight is 273 g/mol. The monoisotopic (exact) mass is 272 g/mol. The first-order chi connectivity index (χ1) is 7.08. The highest BCUT2D eigenvalue weighted by molar-refractivity contribution is 9.09. The van der Waals surface area contributed by atoms with Gasteiger partial charge in [0, 0.05) is 4.83 Å². The van der Waals surface area contributed by atoms with E-state index in [0.29, 0.717) is 4.83 Å². The van der Waals surface area contributed by atoms with Gasteiger partial charge in [-0.15, -0.1) is 0 Å². The first kappa shape index (κ1) is 12.0. The van der Waals surface area contributed by atoms with Crippen molar-refractivity contribution in [3.63, 3.8) is 0 Å². The molecular formula is C14H25Br. The molecule has 1 heteroatoms. The van der Waals surface area contributed by atoms with Gasteiger partial charge in [-0.1, -0.05) is 43.1 Å². The molecule has 5 atom stereocenters. The Balaban J connectivity index is 1.90. The first-order valence-electron chi connectivity index (χ1n) is 6.72. The van der Waals surface area contributed by atoms with Crippen LogP contribution >= 0.6 is 15.9 Å². The van der Waals surface area contributed by atoms with E-state index in [-0.39, 0.29) is 0 Å². The lowest BCUT2D eigenvalue weighted by Gasteiger charge is -2.30. The summed E-state index contributed by atoms with van der Waals surface area (Å²) in [4.78, 5) is 0.691. The summed E-state index contributed by atoms with van der Waals surface area (Å²) in [5.74, 6) is 4.99. The maximum absolute atomic E-state index is 3.80. The molecule has 0 nitrogen and oxygen atoms in total. The van der Waals surface area contributed by atoms with E-state index in [1.54, 1.807) is 12.8 Å². The molecule has 5 unspecified atom stereocenters. The van der Waals surface area contributed by atoms with E-state index >= 15 is 0 Å². The van der Waals surface area contributed by atoms with Crippen LogP contribution in [0, 0.1) is 29.6 Å². The molecular weight excluding hydrogens is 248 g/mol. The second-order valence-electron chi connectivity index (χ2n) is 6.26. The molecule has 0 aromatic rings. The van der Waals surface area contributed by atoms with E-state index in [0.717, 1.165) is 29.6 Å². The van der Waals surface area contributed by atoms with Crippen molar-refractivity contribution in [1.82, 2.24) is 0 Å². The Morgan fingerprint density at radius 3 is 2.27 bits per heavy atom. The van der Waals surface area contributed by atoms with Crippen LogP contribution in [0.5, 0.6) is 0 Å². The Hall–Kier alpha value is 0.480. The largest absolute Gasteiger partial charge is 0.0891 e. The molecule has 0 spiro atoms. The number of hydrogen-bond acceptors (Lipinski definition) is 0. The number of halogens is 1. The van der Waals surface area contributed by atoms with Crippen molar-refractivity contribution in [2.45, 2.75) is 57.7 Å². The van der Waals surface area contributed by atoms with Gasteiger partial charge in [0.1, 0.15) is 0 Å². The average Bonchev–Trinajstić information content (AvgIpc) is 2.73. The second-order valence-corrected chi connectivity index (χ2v) is 7.70. The van der Waals surface area contributed by atoms with E-state index in [4.69, 9.17) is 0 Å². The predicted octanol–water partition coefficient (Wildman–Crippen LogP) is 4.87. The van der Waals surface area contributed by atoms with Crippen molar-refractivity contribution >= 4 is 15.9 Å². The minimum Gasteiger partial charge on any atom is -0.0891 e. The highest BCUT2D eigenvalue weighted by Gasteiger charge is 2.40. The topological polar surface area (TPSA) is 0 Å². The van der Waals surface area contributed by atoms with E-state index in [1.807, 2.05) is 0 Å². The van der Waals surface area contributed by atoms with Crippen LogP contribution in [-0.2, 0) is 0 Å². The number of rotatable bonds is 4. The molecule has 15 heavy (non-hydrogen) atoms. The third kappa shape index (κ3) is 2.60. The number of alkyl halides is 1. The summed E-state index contributed by atoms with van der Waals surface area (Å²) in [6.45, 7) is 7.10. The molecule has 0 aromatic heterocycles. The minimum absolute atomic E-state index is 0.691. The molecule has 2 aliphatic rings. The normalized spacial score (nSPS) is 38.6. The number of fused-ring (bicyclic) bond motifs is 2. The SMILES string of the molecule is CC(C)C(CC1CC2CCC1C2)C(C)Br. The van der Waals surface area contributed by atoms with Crippen LogP contribution in [0.3, 0.4) is 0 Å². The lowest BCUT2D eigenvalue weighted by atomic mass is 9.78. The standard InChI is InChI=1S/C14H25Br/c1-9(2)14(10(3)15)8-13-7-11-4-5-12(13)6-11/h9-14H,4-8H2,1-3H3. The third-order valence-corrected chi connectivity index (χ3v) is 5.58. The van der Waals surface area contributed by atoms with Gasteiger partial charge in [-0.05, 0) is 55.3 Å². The summed E-state index contributed by atoms with van der Waals surface area (Å²) in [5.41, 5.74) is 0. The molecule has 0 amide bonds. The molecule has 2 fully saturated rings. The van der Waals surface area contributed by atoms with Crippen molar-refractivity contribution in [2.24, 2.45) is 29.6 Å². The highest BCUT2D eigenvalue weighted by Crippen LogP contribution is 2.51. The predicted molar refractivity (Wildman–Crippen MR) is 70.3 cm³/mol. The first-order valence-corrected chi connectivity index (χ1v) is 7.63. The minimum atomic E-state index is 0.691. The third-order valence-electron chi connectivity index (χ3n) is 4.91. The van der Waals surface area contributed by atoms with Crippen molar-refractivity contribution in [3.05, 3.63) is 0 Å². The van der Waals surface area contributed by atoms with Gasteiger partial charge in [0.25, 0.3) is 0 Å². The van der Waals surface area contributed by atoms with Gasteiger partial charge in [0.2, 0.25) is 0 Å². The molecule has 0 radical (unpaired) electrons. The van der Waals surface area contributed by atoms with Crippen LogP contribution < -0.4 is 0 Å². The Morgan fingerprint density at radius 2 is 1.87 bits per heavy atom. The highest BCUT2D eigenvalue weighted by atomic mass is 79.9. The molecule has 0 heterocycles. The zero-order chi connectivity index (χ0) is 11.0. The van der Waals surface area contributed by atoms with Gasteiger partial charge in [-0.3, -0.25) is 0 Å². The van der Waals surface area contributed by atoms with Gasteiger partial charge in [-0.25, -0.2) is 0 Å². The zero-order valence-electron chi connectivity index (χ0n) is 10.4. The Labute approximate surface area is 103 Å². The summed E-state index contributed by atoms with van der Waals surface area (Å²) in [6, 6.07) is 0. The lowest BCUT2D eigenvalue weighted by molar-refractivity contribution is 0.233. The van der Waals surface area contributed by atoms with Gasteiger partial charge < -0.3 is 0 Å². The molecule has 2 aliphatic carbocycles. The fourth-order valence-electron chi connectivity index (χ4n) is 4.00. The van der Waals surface area contributed by atoms with Crippen molar-refractivity contribution in [1.29, 1.82) is 0 Å². The van der Waals surface area contributed by atoms with Crippen LogP contribution in [-0.4, -0.2) is 4.83 Å². The Bertz CT molecular complexity index is 201. The van der Waals surface area contributed by atoms with Crippen molar-refractivity contribution in [3.8, 4) is 0 Å². The maximum Gasteiger partial charge on any atom is 0.0148 e. The lowest BCUT2D eigenvalue weighted by Crippen LogP contribution is -2.23. The smallest absolute Gasteiger partial charge is 0.0148 e. The summed E-state index contributed by atoms with van der Waals surface area (Å²) in [5, 5.41) is 0. The summed E-state index contributed by atoms with van der Waals surface area (Å²) in [6.07, 6.45) is 7.67. The summed E-state index contributed by atoms with van der Waals surface area (Å²) in [7, 11) is 0. The molecule has 2 bridgehead atoms. The molecule has 2 saturated carbocycles. The molecule has 88 valence electrons. The Morgan fingerprint density at radius 1 is 1.13 bits per heavy atom. The van der Waals surface area contributed by atoms with Gasteiger partial charge >= 0.3 is 0 Å². The maximum atomic E-state index is 3.80. The fraction of sp³-hybridized carbons (Fsp3) is 1.00. The van der Waals surface area contributed by atoms with E-state index in [1.165, 1.54) is 19.3 Å². The molecule has 0 saturated heterocycles. The fourth-order valence-corrected chi connectivity index (χ4v) is 4.83. The molecule has 0 aromatic carbocycles. The van der Waals surface area contributed by atoms with Crippen molar-refractivity contribution in [2.75, 3.05) is 0 Å². The van der Waals surface area contributed by atoms with Gasteiger partial charge in [-0.2, -0.15) is 0 Å². The van der Waals surface area contributed by atoms with E-state index in [2.05, 4.69) is 36.7 Å². The molecule has 0 N–H and O–H groups in total. The number of hydrogen-bond donors (Lipinski definition) is 0. The second kappa shape index (κ2) is 4.77. The van der Waals surface area contributed by atoms with E-state index in [9.17, 15) is 0 Å². The van der Waals surface area contributed by atoms with Gasteiger partial charge in [0.05, 0.1) is 0 Å². The van der Waals surface area contributed by atoms with Crippen LogP contribution in [0.2, 0.25) is 0 Å². The summed E-state index contributed by atoms with van der Waals surface area (Å²) < 4.78 is 0. The summed E-state index contributed by atoms with van der Waals surface area (Å²) >= 11 is 3.80. The molecule has 2 rings (SSSR count). The molecule has 0 aliphatic heterocycles. The van der Waals surface area contributed by atoms with Gasteiger partial charge in [0.15, 0.2) is 0 Å². The quantitative estimate of drug-likeness (QED) is 0.641. The van der Waals surface area contributed by atoms with Crippen LogP contribution in [0.15, 0.2) is 0 Å². The zero-order valence-corrected chi connectivity index (χ0v) is 12.0. The van der Waals surface area contributed by atoms with Crippen LogP contribution in [0.25, 0.3) is 0 Å². The van der Waals surface area contributed by atoms with E-state index < -0.39 is 0 Å². The van der Waals surface area contributed by atoms with Crippen LogP contribution in [0.1, 0.15) is 52.9 Å². The Kier molecular flexibility index (Phi) is 3.80.